The van der Waals surface area contributed by atoms with Gasteiger partial charge in [-0.1, -0.05) is 0 Å². The number of hydrogen-bond acceptors (Lipinski definition) is 6. The second-order valence-corrected chi connectivity index (χ2v) is 3.32. The number of aromatic nitrogens is 5. The first-order valence-corrected chi connectivity index (χ1v) is 4.64. The van der Waals surface area contributed by atoms with Gasteiger partial charge in [-0.3, -0.25) is 4.79 Å². The lowest BCUT2D eigenvalue weighted by Gasteiger charge is -1.97. The summed E-state index contributed by atoms with van der Waals surface area (Å²) in [4.78, 5) is 15.3. The normalized spacial score (nSPS) is 10.0. The number of carbonyl (C=O) groups excluding carboxylic acids is 1. The predicted octanol–water partition coefficient (Wildman–Crippen LogP) is -0.414. The first kappa shape index (κ1) is 8.75. The quantitative estimate of drug-likeness (QED) is 0.717. The van der Waals surface area contributed by atoms with Crippen LogP contribution in [0.5, 0.6) is 0 Å². The molecule has 8 heteroatoms. The minimum atomic E-state index is -0.367. The van der Waals surface area contributed by atoms with Gasteiger partial charge in [0.1, 0.15) is 5.01 Å². The molecular formula is C6H6N6OS. The zero-order valence-corrected chi connectivity index (χ0v) is 7.78. The van der Waals surface area contributed by atoms with Crippen LogP contribution >= 0.6 is 11.3 Å². The second kappa shape index (κ2) is 3.92. The zero-order chi connectivity index (χ0) is 9.80. The molecule has 0 saturated heterocycles. The smallest absolute Gasteiger partial charge is 0.293 e. The van der Waals surface area contributed by atoms with Gasteiger partial charge in [0.05, 0.1) is 6.54 Å². The Morgan fingerprint density at radius 3 is 3.21 bits per heavy atom. The lowest BCUT2D eigenvalue weighted by molar-refractivity contribution is 0.0940. The summed E-state index contributed by atoms with van der Waals surface area (Å²) in [6.07, 6.45) is 1.68. The van der Waals surface area contributed by atoms with Crippen LogP contribution in [0.3, 0.4) is 0 Å². The maximum Gasteiger partial charge on any atom is 0.293 e. The Labute approximate surface area is 82.6 Å². The van der Waals surface area contributed by atoms with Gasteiger partial charge in [0.2, 0.25) is 0 Å². The van der Waals surface area contributed by atoms with Crippen LogP contribution in [0.15, 0.2) is 11.6 Å². The fourth-order valence-corrected chi connectivity index (χ4v) is 1.39. The standard InChI is InChI=1S/C6H6N6OS/c13-6(5-9-11-12-10-5)8-3-4-7-1-2-14-4/h1-2H,3H2,(H,8,13)(H,9,10,11,12). The van der Waals surface area contributed by atoms with Gasteiger partial charge in [0.25, 0.3) is 11.7 Å². The van der Waals surface area contributed by atoms with E-state index in [0.29, 0.717) is 6.54 Å². The van der Waals surface area contributed by atoms with Gasteiger partial charge in [-0.05, 0) is 5.21 Å². The number of H-pyrrole nitrogens is 1. The Kier molecular flexibility index (Phi) is 2.45. The highest BCUT2D eigenvalue weighted by Crippen LogP contribution is 2.02. The van der Waals surface area contributed by atoms with E-state index in [1.54, 1.807) is 6.20 Å². The summed E-state index contributed by atoms with van der Waals surface area (Å²) in [5.74, 6) is -0.337. The van der Waals surface area contributed by atoms with Crippen molar-refractivity contribution in [2.24, 2.45) is 0 Å². The first-order chi connectivity index (χ1) is 6.86. The van der Waals surface area contributed by atoms with E-state index in [-0.39, 0.29) is 11.7 Å². The third kappa shape index (κ3) is 1.91. The van der Waals surface area contributed by atoms with E-state index in [4.69, 9.17) is 0 Å². The van der Waals surface area contributed by atoms with E-state index in [1.807, 2.05) is 5.38 Å². The summed E-state index contributed by atoms with van der Waals surface area (Å²) in [6, 6.07) is 0. The highest BCUT2D eigenvalue weighted by Gasteiger charge is 2.09. The largest absolute Gasteiger partial charge is 0.343 e. The van der Waals surface area contributed by atoms with Gasteiger partial charge < -0.3 is 5.32 Å². The predicted molar refractivity (Wildman–Crippen MR) is 47.5 cm³/mol. The molecule has 0 aliphatic carbocycles. The Hall–Kier alpha value is -1.83. The monoisotopic (exact) mass is 210 g/mol. The number of tetrazole rings is 1. The maximum absolute atomic E-state index is 11.3. The van der Waals surface area contributed by atoms with Crippen molar-refractivity contribution in [2.75, 3.05) is 0 Å². The number of carbonyl (C=O) groups is 1. The number of aromatic amines is 1. The summed E-state index contributed by atoms with van der Waals surface area (Å²) in [6.45, 7) is 0.380. The summed E-state index contributed by atoms with van der Waals surface area (Å²) in [7, 11) is 0. The molecule has 2 N–H and O–H groups in total. The van der Waals surface area contributed by atoms with E-state index >= 15 is 0 Å². The van der Waals surface area contributed by atoms with E-state index in [2.05, 4.69) is 30.9 Å². The number of thiazole rings is 1. The van der Waals surface area contributed by atoms with Crippen LogP contribution in [0.4, 0.5) is 0 Å². The molecule has 0 radical (unpaired) electrons. The molecule has 2 aromatic rings. The minimum absolute atomic E-state index is 0.0292. The summed E-state index contributed by atoms with van der Waals surface area (Å²) in [5.41, 5.74) is 0. The van der Waals surface area contributed by atoms with Crippen molar-refractivity contribution >= 4 is 17.2 Å². The molecule has 2 heterocycles. The first-order valence-electron chi connectivity index (χ1n) is 3.76. The van der Waals surface area contributed by atoms with Crippen LogP contribution in [0.2, 0.25) is 0 Å². The molecular weight excluding hydrogens is 204 g/mol. The summed E-state index contributed by atoms with van der Waals surface area (Å²) >= 11 is 1.47. The van der Waals surface area contributed by atoms with Crippen molar-refractivity contribution in [1.29, 1.82) is 0 Å². The van der Waals surface area contributed by atoms with Crippen molar-refractivity contribution < 1.29 is 4.79 Å². The van der Waals surface area contributed by atoms with E-state index in [9.17, 15) is 4.79 Å². The van der Waals surface area contributed by atoms with Gasteiger partial charge in [-0.15, -0.1) is 21.5 Å². The van der Waals surface area contributed by atoms with Gasteiger partial charge in [0.15, 0.2) is 0 Å². The number of nitrogens with one attached hydrogen (secondary N) is 2. The fraction of sp³-hybridized carbons (Fsp3) is 0.167. The van der Waals surface area contributed by atoms with Crippen LogP contribution < -0.4 is 5.32 Å². The molecule has 0 atom stereocenters. The molecule has 2 aromatic heterocycles. The Balaban J connectivity index is 1.90. The van der Waals surface area contributed by atoms with Crippen molar-refractivity contribution in [3.05, 3.63) is 22.4 Å². The van der Waals surface area contributed by atoms with Crippen molar-refractivity contribution in [2.45, 2.75) is 6.54 Å². The number of hydrogen-bond donors (Lipinski definition) is 2. The average Bonchev–Trinajstić information content (AvgIpc) is 2.87. The Bertz CT molecular complexity index is 396. The molecule has 0 aliphatic heterocycles. The summed E-state index contributed by atoms with van der Waals surface area (Å²) < 4.78 is 0. The van der Waals surface area contributed by atoms with Crippen molar-refractivity contribution in [3.63, 3.8) is 0 Å². The molecule has 0 aromatic carbocycles. The molecule has 0 saturated carbocycles. The zero-order valence-electron chi connectivity index (χ0n) is 6.97. The molecule has 7 nitrogen and oxygen atoms in total. The summed E-state index contributed by atoms with van der Waals surface area (Å²) in [5, 5.41) is 17.8. The third-order valence-electron chi connectivity index (χ3n) is 1.43. The molecule has 72 valence electrons. The van der Waals surface area contributed by atoms with Gasteiger partial charge in [-0.2, -0.15) is 5.21 Å². The number of rotatable bonds is 3. The van der Waals surface area contributed by atoms with E-state index in [1.165, 1.54) is 11.3 Å². The number of amides is 1. The minimum Gasteiger partial charge on any atom is -0.343 e. The van der Waals surface area contributed by atoms with Crippen LogP contribution in [-0.2, 0) is 6.54 Å². The molecule has 0 bridgehead atoms. The molecule has 14 heavy (non-hydrogen) atoms. The van der Waals surface area contributed by atoms with Gasteiger partial charge in [0, 0.05) is 11.6 Å². The average molecular weight is 210 g/mol. The highest BCUT2D eigenvalue weighted by atomic mass is 32.1. The molecule has 0 unspecified atom stereocenters. The van der Waals surface area contributed by atoms with Gasteiger partial charge >= 0.3 is 0 Å². The molecule has 1 amide bonds. The third-order valence-corrected chi connectivity index (χ3v) is 2.21. The van der Waals surface area contributed by atoms with Crippen molar-refractivity contribution in [3.8, 4) is 0 Å². The topological polar surface area (TPSA) is 96.5 Å². The van der Waals surface area contributed by atoms with Gasteiger partial charge in [-0.25, -0.2) is 4.98 Å². The maximum atomic E-state index is 11.3. The molecule has 0 spiro atoms. The molecule has 2 rings (SSSR count). The molecule has 0 aliphatic rings. The fourth-order valence-electron chi connectivity index (χ4n) is 0.833. The Morgan fingerprint density at radius 2 is 2.57 bits per heavy atom. The van der Waals surface area contributed by atoms with E-state index in [0.717, 1.165) is 5.01 Å². The lowest BCUT2D eigenvalue weighted by Crippen LogP contribution is -2.23. The van der Waals surface area contributed by atoms with Crippen LogP contribution in [-0.4, -0.2) is 31.5 Å². The SMILES string of the molecule is O=C(NCc1nccs1)c1nn[nH]n1. The Morgan fingerprint density at radius 1 is 1.64 bits per heavy atom. The van der Waals surface area contributed by atoms with Crippen LogP contribution in [0.1, 0.15) is 15.6 Å². The van der Waals surface area contributed by atoms with Crippen LogP contribution in [0, 0.1) is 0 Å². The lowest BCUT2D eigenvalue weighted by atomic mass is 10.5. The van der Waals surface area contributed by atoms with E-state index < -0.39 is 0 Å². The van der Waals surface area contributed by atoms with Crippen LogP contribution in [0.25, 0.3) is 0 Å². The van der Waals surface area contributed by atoms with Crippen molar-refractivity contribution in [1.82, 2.24) is 30.9 Å². The molecule has 0 fully saturated rings. The second-order valence-electron chi connectivity index (χ2n) is 2.34. The number of nitrogens with zero attached hydrogens (tertiary/aromatic N) is 4. The highest BCUT2D eigenvalue weighted by molar-refractivity contribution is 7.09.